The molecule has 25 heavy (non-hydrogen) atoms. The van der Waals surface area contributed by atoms with E-state index in [2.05, 4.69) is 10.6 Å². The van der Waals surface area contributed by atoms with Crippen LogP contribution in [-0.4, -0.2) is 23.0 Å². The largest absolute Gasteiger partial charge is 0.480 e. The zero-order valence-electron chi connectivity index (χ0n) is 13.4. The summed E-state index contributed by atoms with van der Waals surface area (Å²) in [6.07, 6.45) is -3.81. The molecule has 0 fully saturated rings. The monoisotopic (exact) mass is 355 g/mol. The van der Waals surface area contributed by atoms with Crippen LogP contribution in [0.1, 0.15) is 19.4 Å². The Bertz CT molecular complexity index is 721. The number of carbonyl (C=O) groups is 2. The molecule has 1 atom stereocenters. The molecule has 1 unspecified atom stereocenters. The normalized spacial score (nSPS) is 13.1. The zero-order chi connectivity index (χ0) is 19.2. The second-order valence-electron chi connectivity index (χ2n) is 5.39. The predicted molar refractivity (Wildman–Crippen MR) is 83.2 cm³/mol. The Labute approximate surface area is 141 Å². The van der Waals surface area contributed by atoms with Gasteiger partial charge in [-0.2, -0.15) is 18.4 Å². The maximum absolute atomic E-state index is 12.9. The third-order valence-electron chi connectivity index (χ3n) is 3.19. The van der Waals surface area contributed by atoms with Crippen LogP contribution in [0.4, 0.5) is 18.9 Å². The van der Waals surface area contributed by atoms with Crippen LogP contribution in [0.15, 0.2) is 36.0 Å². The number of halogens is 3. The van der Waals surface area contributed by atoms with Crippen LogP contribution in [0, 0.1) is 17.2 Å². The van der Waals surface area contributed by atoms with Crippen molar-refractivity contribution >= 4 is 17.6 Å². The molecular formula is C16H16F3N3O3. The summed E-state index contributed by atoms with van der Waals surface area (Å²) in [7, 11) is 0. The summed E-state index contributed by atoms with van der Waals surface area (Å²) in [5.74, 6) is -2.73. The molecule has 1 amide bonds. The fourth-order valence-corrected chi connectivity index (χ4v) is 1.89. The number of nitrogens with zero attached hydrogens (tertiary/aromatic N) is 1. The molecule has 0 aliphatic carbocycles. The van der Waals surface area contributed by atoms with Crippen molar-refractivity contribution in [2.24, 2.45) is 5.92 Å². The topological polar surface area (TPSA) is 102 Å². The average molecular weight is 355 g/mol. The van der Waals surface area contributed by atoms with E-state index in [0.29, 0.717) is 0 Å². The molecule has 6 nitrogen and oxygen atoms in total. The average Bonchev–Trinajstić information content (AvgIpc) is 2.52. The highest BCUT2D eigenvalue weighted by Gasteiger charge is 2.33. The van der Waals surface area contributed by atoms with E-state index in [1.165, 1.54) is 18.2 Å². The minimum Gasteiger partial charge on any atom is -0.480 e. The Kier molecular flexibility index (Phi) is 6.56. The van der Waals surface area contributed by atoms with E-state index in [4.69, 9.17) is 10.4 Å². The van der Waals surface area contributed by atoms with Crippen molar-refractivity contribution in [2.75, 3.05) is 5.32 Å². The van der Waals surface area contributed by atoms with Gasteiger partial charge >= 0.3 is 12.1 Å². The molecule has 0 saturated heterocycles. The SMILES string of the molecule is CC(C)C(NC(=O)/C(C#N)=C\Nc1ccccc1C(F)(F)F)C(=O)O. The van der Waals surface area contributed by atoms with Gasteiger partial charge in [-0.05, 0) is 18.1 Å². The summed E-state index contributed by atoms with van der Waals surface area (Å²) in [5, 5.41) is 22.5. The van der Waals surface area contributed by atoms with E-state index in [9.17, 15) is 22.8 Å². The number of benzene rings is 1. The highest BCUT2D eigenvalue weighted by Crippen LogP contribution is 2.34. The van der Waals surface area contributed by atoms with Crippen LogP contribution in [-0.2, 0) is 15.8 Å². The zero-order valence-corrected chi connectivity index (χ0v) is 13.4. The molecule has 0 saturated carbocycles. The van der Waals surface area contributed by atoms with E-state index < -0.39 is 41.1 Å². The van der Waals surface area contributed by atoms with Gasteiger partial charge in [-0.1, -0.05) is 26.0 Å². The number of para-hydroxylation sites is 1. The molecule has 1 rings (SSSR count). The fourth-order valence-electron chi connectivity index (χ4n) is 1.89. The van der Waals surface area contributed by atoms with Gasteiger partial charge in [0.05, 0.1) is 11.3 Å². The summed E-state index contributed by atoms with van der Waals surface area (Å²) in [6.45, 7) is 3.12. The molecule has 0 spiro atoms. The van der Waals surface area contributed by atoms with Crippen LogP contribution in [0.3, 0.4) is 0 Å². The van der Waals surface area contributed by atoms with Crippen molar-refractivity contribution in [1.29, 1.82) is 5.26 Å². The van der Waals surface area contributed by atoms with Crippen LogP contribution < -0.4 is 10.6 Å². The highest BCUT2D eigenvalue weighted by molar-refractivity contribution is 5.99. The lowest BCUT2D eigenvalue weighted by molar-refractivity contribution is -0.142. The lowest BCUT2D eigenvalue weighted by Gasteiger charge is -2.17. The summed E-state index contributed by atoms with van der Waals surface area (Å²) in [4.78, 5) is 23.0. The Morgan fingerprint density at radius 2 is 1.88 bits per heavy atom. The second kappa shape index (κ2) is 8.19. The molecule has 0 aliphatic heterocycles. The van der Waals surface area contributed by atoms with Gasteiger partial charge in [0.25, 0.3) is 5.91 Å². The molecule has 0 aliphatic rings. The Morgan fingerprint density at radius 1 is 1.28 bits per heavy atom. The molecule has 0 aromatic heterocycles. The number of hydrogen-bond donors (Lipinski definition) is 3. The molecule has 9 heteroatoms. The number of amides is 1. The van der Waals surface area contributed by atoms with Crippen molar-refractivity contribution in [3.8, 4) is 6.07 Å². The van der Waals surface area contributed by atoms with Gasteiger partial charge in [0.2, 0.25) is 0 Å². The van der Waals surface area contributed by atoms with Crippen molar-refractivity contribution in [3.63, 3.8) is 0 Å². The Morgan fingerprint density at radius 3 is 2.36 bits per heavy atom. The Balaban J connectivity index is 3.01. The first kappa shape index (κ1) is 20.0. The van der Waals surface area contributed by atoms with Gasteiger partial charge < -0.3 is 15.7 Å². The van der Waals surface area contributed by atoms with Crippen molar-refractivity contribution in [2.45, 2.75) is 26.1 Å². The predicted octanol–water partition coefficient (Wildman–Crippen LogP) is 2.75. The number of carboxylic acid groups (broad SMARTS) is 1. The maximum Gasteiger partial charge on any atom is 0.418 e. The van der Waals surface area contributed by atoms with Gasteiger partial charge in [-0.25, -0.2) is 4.79 Å². The van der Waals surface area contributed by atoms with E-state index in [1.54, 1.807) is 13.8 Å². The fraction of sp³-hybridized carbons (Fsp3) is 0.312. The number of nitriles is 1. The number of anilines is 1. The van der Waals surface area contributed by atoms with E-state index in [-0.39, 0.29) is 5.69 Å². The smallest absolute Gasteiger partial charge is 0.418 e. The lowest BCUT2D eigenvalue weighted by Crippen LogP contribution is -2.44. The summed E-state index contributed by atoms with van der Waals surface area (Å²) < 4.78 is 38.7. The number of alkyl halides is 3. The lowest BCUT2D eigenvalue weighted by atomic mass is 10.0. The third kappa shape index (κ3) is 5.53. The molecule has 1 aromatic rings. The minimum atomic E-state index is -4.61. The Hall–Kier alpha value is -3.02. The van der Waals surface area contributed by atoms with Gasteiger partial charge in [0.1, 0.15) is 17.7 Å². The van der Waals surface area contributed by atoms with Crippen molar-refractivity contribution in [1.82, 2.24) is 5.32 Å². The first-order chi connectivity index (χ1) is 11.6. The van der Waals surface area contributed by atoms with E-state index in [0.717, 1.165) is 18.3 Å². The number of carboxylic acids is 1. The highest BCUT2D eigenvalue weighted by atomic mass is 19.4. The summed E-state index contributed by atoms with van der Waals surface area (Å²) in [6, 6.07) is 4.85. The number of rotatable bonds is 6. The third-order valence-corrected chi connectivity index (χ3v) is 3.19. The number of hydrogen-bond acceptors (Lipinski definition) is 4. The minimum absolute atomic E-state index is 0.339. The van der Waals surface area contributed by atoms with Gasteiger partial charge in [0, 0.05) is 6.20 Å². The summed E-state index contributed by atoms with van der Waals surface area (Å²) in [5.41, 5.74) is -1.85. The molecule has 134 valence electrons. The number of aliphatic carboxylic acids is 1. The number of carbonyl (C=O) groups excluding carboxylic acids is 1. The quantitative estimate of drug-likeness (QED) is 0.538. The van der Waals surface area contributed by atoms with Gasteiger partial charge in [-0.3, -0.25) is 4.79 Å². The van der Waals surface area contributed by atoms with Crippen LogP contribution in [0.2, 0.25) is 0 Å². The molecule has 1 aromatic carbocycles. The van der Waals surface area contributed by atoms with Crippen LogP contribution >= 0.6 is 0 Å². The van der Waals surface area contributed by atoms with Gasteiger partial charge in [0.15, 0.2) is 0 Å². The molecule has 0 heterocycles. The second-order valence-corrected chi connectivity index (χ2v) is 5.39. The summed E-state index contributed by atoms with van der Waals surface area (Å²) >= 11 is 0. The van der Waals surface area contributed by atoms with Crippen molar-refractivity contribution in [3.05, 3.63) is 41.6 Å². The van der Waals surface area contributed by atoms with E-state index in [1.807, 2.05) is 0 Å². The molecular weight excluding hydrogens is 339 g/mol. The van der Waals surface area contributed by atoms with Crippen LogP contribution in [0.5, 0.6) is 0 Å². The first-order valence-corrected chi connectivity index (χ1v) is 7.14. The van der Waals surface area contributed by atoms with Crippen LogP contribution in [0.25, 0.3) is 0 Å². The number of nitrogens with one attached hydrogen (secondary N) is 2. The maximum atomic E-state index is 12.9. The van der Waals surface area contributed by atoms with Gasteiger partial charge in [-0.15, -0.1) is 0 Å². The standard InChI is InChI=1S/C16H16F3N3O3/c1-9(2)13(15(24)25)22-14(23)10(7-20)8-21-12-6-4-3-5-11(12)16(17,18)19/h3-6,8-9,13,21H,1-2H3,(H,22,23)(H,24,25)/b10-8-. The molecule has 0 bridgehead atoms. The molecule has 0 radical (unpaired) electrons. The first-order valence-electron chi connectivity index (χ1n) is 7.14. The molecule has 3 N–H and O–H groups in total. The van der Waals surface area contributed by atoms with E-state index >= 15 is 0 Å². The van der Waals surface area contributed by atoms with Crippen molar-refractivity contribution < 1.29 is 27.9 Å².